The van der Waals surface area contributed by atoms with Crippen LogP contribution in [-0.4, -0.2) is 64.9 Å². The molecule has 0 bridgehead atoms. The molecule has 1 aliphatic rings. The number of nitrogens with zero attached hydrogens (tertiary/aromatic N) is 2. The van der Waals surface area contributed by atoms with Gasteiger partial charge in [-0.15, -0.1) is 0 Å². The summed E-state index contributed by atoms with van der Waals surface area (Å²) in [6.45, 7) is 9.63. The van der Waals surface area contributed by atoms with Crippen LogP contribution in [0, 0.1) is 5.82 Å². The number of aliphatic hydroxyl groups excluding tert-OH is 1. The zero-order chi connectivity index (χ0) is 39.8. The predicted octanol–water partition coefficient (Wildman–Crippen LogP) is 8.45. The Balaban J connectivity index is 1.34. The number of benzene rings is 4. The average Bonchev–Trinajstić information content (AvgIpc) is 3.51. The number of halogens is 1. The Morgan fingerprint density at radius 2 is 1.52 bits per heavy atom. The molecule has 4 aromatic carbocycles. The molecule has 1 aliphatic heterocycles. The first kappa shape index (κ1) is 39.9. The number of ether oxygens (including phenoxy) is 4. The third kappa shape index (κ3) is 9.53. The summed E-state index contributed by atoms with van der Waals surface area (Å²) in [7, 11) is 0. The molecular formula is C45H48FN3O7. The van der Waals surface area contributed by atoms with E-state index in [4.69, 9.17) is 23.9 Å². The van der Waals surface area contributed by atoms with Crippen LogP contribution in [0.5, 0.6) is 5.75 Å². The van der Waals surface area contributed by atoms with E-state index < -0.39 is 18.1 Å². The highest BCUT2D eigenvalue weighted by Crippen LogP contribution is 2.43. The van der Waals surface area contributed by atoms with Gasteiger partial charge < -0.3 is 34.3 Å². The van der Waals surface area contributed by atoms with Crippen LogP contribution < -0.4 is 10.1 Å². The van der Waals surface area contributed by atoms with Gasteiger partial charge in [0.05, 0.1) is 29.4 Å². The Hall–Kier alpha value is -5.78. The van der Waals surface area contributed by atoms with Gasteiger partial charge in [-0.3, -0.25) is 14.6 Å². The van der Waals surface area contributed by atoms with Crippen molar-refractivity contribution in [2.75, 3.05) is 19.8 Å². The molecule has 56 heavy (non-hydrogen) atoms. The van der Waals surface area contributed by atoms with Crippen LogP contribution in [0.4, 0.5) is 4.39 Å². The van der Waals surface area contributed by atoms with Gasteiger partial charge in [0.25, 0.3) is 11.8 Å². The highest BCUT2D eigenvalue weighted by atomic mass is 19.1. The van der Waals surface area contributed by atoms with E-state index >= 15 is 0 Å². The molecule has 2 N–H and O–H groups in total. The van der Waals surface area contributed by atoms with E-state index in [1.807, 2.05) is 88.4 Å². The van der Waals surface area contributed by atoms with Crippen molar-refractivity contribution < 1.29 is 38.0 Å². The number of hydrogen-bond donors (Lipinski definition) is 2. The van der Waals surface area contributed by atoms with Gasteiger partial charge in [0.1, 0.15) is 30.7 Å². The van der Waals surface area contributed by atoms with Gasteiger partial charge >= 0.3 is 0 Å². The molecule has 0 radical (unpaired) electrons. The molecule has 5 aromatic rings. The number of aliphatic hydroxyl groups is 1. The molecule has 0 saturated heterocycles. The van der Waals surface area contributed by atoms with Crippen molar-refractivity contribution in [2.24, 2.45) is 0 Å². The van der Waals surface area contributed by atoms with Gasteiger partial charge in [-0.05, 0) is 69.5 Å². The van der Waals surface area contributed by atoms with Gasteiger partial charge in [-0.2, -0.15) is 0 Å². The molecule has 0 spiro atoms. The first-order valence-corrected chi connectivity index (χ1v) is 18.8. The Morgan fingerprint density at radius 1 is 0.857 bits per heavy atom. The van der Waals surface area contributed by atoms with Crippen LogP contribution in [-0.2, 0) is 27.3 Å². The molecule has 0 fully saturated rings. The highest BCUT2D eigenvalue weighted by molar-refractivity contribution is 6.16. The predicted molar refractivity (Wildman–Crippen MR) is 212 cm³/mol. The molecule has 10 nitrogen and oxygen atoms in total. The van der Waals surface area contributed by atoms with Crippen LogP contribution in [0.3, 0.4) is 0 Å². The lowest BCUT2D eigenvalue weighted by Gasteiger charge is -2.23. The number of pyridine rings is 1. The maximum Gasteiger partial charge on any atom is 0.258 e. The second-order valence-electron chi connectivity index (χ2n) is 14.3. The van der Waals surface area contributed by atoms with E-state index in [9.17, 15) is 19.1 Å². The van der Waals surface area contributed by atoms with Gasteiger partial charge in [0.15, 0.2) is 17.3 Å². The third-order valence-corrected chi connectivity index (χ3v) is 9.23. The van der Waals surface area contributed by atoms with Crippen LogP contribution in [0.2, 0.25) is 0 Å². The van der Waals surface area contributed by atoms with Crippen molar-refractivity contribution >= 4 is 22.7 Å². The Morgan fingerprint density at radius 3 is 2.14 bits per heavy atom. The summed E-state index contributed by atoms with van der Waals surface area (Å²) < 4.78 is 38.1. The zero-order valence-electron chi connectivity index (χ0n) is 32.3. The van der Waals surface area contributed by atoms with Crippen LogP contribution >= 0.6 is 0 Å². The van der Waals surface area contributed by atoms with Crippen molar-refractivity contribution in [1.82, 2.24) is 15.2 Å². The summed E-state index contributed by atoms with van der Waals surface area (Å²) in [5.41, 5.74) is 3.90. The third-order valence-electron chi connectivity index (χ3n) is 9.23. The maximum absolute atomic E-state index is 14.5. The van der Waals surface area contributed by atoms with E-state index in [0.29, 0.717) is 27.8 Å². The van der Waals surface area contributed by atoms with Gasteiger partial charge in [0.2, 0.25) is 0 Å². The Bertz CT molecular complexity index is 2120. The minimum Gasteiger partial charge on any atom is -0.506 e. The highest BCUT2D eigenvalue weighted by Gasteiger charge is 2.38. The maximum atomic E-state index is 14.5. The van der Waals surface area contributed by atoms with Crippen molar-refractivity contribution in [3.05, 3.63) is 154 Å². The number of fused-ring (bicyclic) bond motifs is 2. The van der Waals surface area contributed by atoms with E-state index in [1.54, 1.807) is 42.3 Å². The summed E-state index contributed by atoms with van der Waals surface area (Å²) in [6.07, 6.45) is 0.261. The fourth-order valence-electron chi connectivity index (χ4n) is 6.55. The average molecular weight is 762 g/mol. The molecule has 11 heteroatoms. The first-order chi connectivity index (χ1) is 27.0. The summed E-state index contributed by atoms with van der Waals surface area (Å²) in [5.74, 6) is -0.657. The number of carbonyl (C=O) groups excluding carboxylic acids is 2. The molecule has 0 aliphatic carbocycles. The Labute approximate surface area is 326 Å². The van der Waals surface area contributed by atoms with E-state index in [-0.39, 0.29) is 73.9 Å². The molecule has 292 valence electrons. The zero-order valence-corrected chi connectivity index (χ0v) is 32.3. The molecular weight excluding hydrogens is 714 g/mol. The molecule has 6 rings (SSSR count). The van der Waals surface area contributed by atoms with Crippen molar-refractivity contribution in [2.45, 2.75) is 72.1 Å². The van der Waals surface area contributed by atoms with E-state index in [0.717, 1.165) is 16.7 Å². The topological polar surface area (TPSA) is 119 Å². The lowest BCUT2D eigenvalue weighted by Crippen LogP contribution is -2.33. The van der Waals surface area contributed by atoms with E-state index in [2.05, 4.69) is 5.32 Å². The normalized spacial score (nSPS) is 13.7. The minimum absolute atomic E-state index is 0.0589. The molecule has 2 amide bonds. The molecule has 1 aromatic heterocycles. The van der Waals surface area contributed by atoms with Gasteiger partial charge in [-0.1, -0.05) is 78.9 Å². The van der Waals surface area contributed by atoms with Gasteiger partial charge in [-0.25, -0.2) is 4.39 Å². The minimum atomic E-state index is -0.600. The fourth-order valence-corrected chi connectivity index (χ4v) is 6.55. The molecule has 0 unspecified atom stereocenters. The monoisotopic (exact) mass is 761 g/mol. The number of hydrogen-bond acceptors (Lipinski definition) is 8. The number of amides is 2. The van der Waals surface area contributed by atoms with Crippen LogP contribution in [0.15, 0.2) is 115 Å². The van der Waals surface area contributed by atoms with Crippen molar-refractivity contribution in [3.63, 3.8) is 0 Å². The number of rotatable bonds is 17. The SMILES string of the molecule is CC(C)OC/C(OC(C)C)=C(\O)CO[C@H](C)CNC(=O)c1c2c(c(OC(c3ccccc3)c3ccccc3)c3ncccc13)C(=O)N(Cc1ccc(F)cc1)C2. The largest absolute Gasteiger partial charge is 0.506 e. The summed E-state index contributed by atoms with van der Waals surface area (Å²) in [5, 5.41) is 14.3. The lowest BCUT2D eigenvalue weighted by molar-refractivity contribution is 0.0218. The lowest BCUT2D eigenvalue weighted by atomic mass is 9.95. The summed E-state index contributed by atoms with van der Waals surface area (Å²) in [6, 6.07) is 29.0. The second kappa shape index (κ2) is 18.2. The number of nitrogens with one attached hydrogen (secondary N) is 1. The molecule has 2 heterocycles. The summed E-state index contributed by atoms with van der Waals surface area (Å²) in [4.78, 5) is 35.2. The second-order valence-corrected chi connectivity index (χ2v) is 14.3. The van der Waals surface area contributed by atoms with Crippen LogP contribution in [0.25, 0.3) is 10.9 Å². The first-order valence-electron chi connectivity index (χ1n) is 18.8. The van der Waals surface area contributed by atoms with E-state index in [1.165, 1.54) is 12.1 Å². The number of carbonyl (C=O) groups is 2. The quantitative estimate of drug-likeness (QED) is 0.0907. The fraction of sp³-hybridized carbons (Fsp3) is 0.311. The Kier molecular flexibility index (Phi) is 13.0. The van der Waals surface area contributed by atoms with Crippen LogP contribution in [0.1, 0.15) is 83.7 Å². The molecule has 1 atom stereocenters. The smallest absolute Gasteiger partial charge is 0.258 e. The van der Waals surface area contributed by atoms with Crippen molar-refractivity contribution in [1.29, 1.82) is 0 Å². The molecule has 0 saturated carbocycles. The van der Waals surface area contributed by atoms with Crippen molar-refractivity contribution in [3.8, 4) is 5.75 Å². The standard InChI is InChI=1S/C45H48FN3O7/c1-28(2)53-27-38(55-29(3)4)37(50)26-54-30(5)23-48-44(51)39-35-17-12-22-47-41(35)43(56-42(32-13-8-6-9-14-32)33-15-10-7-11-16-33)40-36(39)25-49(45(40)52)24-31-18-20-34(46)21-19-31/h6-22,28-30,42,50H,23-27H2,1-5H3,(H,48,51)/b38-37+/t30-/m1/s1. The summed E-state index contributed by atoms with van der Waals surface area (Å²) >= 11 is 0. The van der Waals surface area contributed by atoms with Gasteiger partial charge in [0, 0.05) is 36.8 Å². The number of aromatic nitrogens is 1.